The lowest BCUT2D eigenvalue weighted by atomic mass is 9.87. The summed E-state index contributed by atoms with van der Waals surface area (Å²) in [6.45, 7) is 6.27. The van der Waals surface area contributed by atoms with E-state index in [0.29, 0.717) is 5.69 Å². The van der Waals surface area contributed by atoms with Gasteiger partial charge >= 0.3 is 5.97 Å². The van der Waals surface area contributed by atoms with Crippen LogP contribution in [-0.4, -0.2) is 39.9 Å². The van der Waals surface area contributed by atoms with Gasteiger partial charge in [0.1, 0.15) is 6.04 Å². The molecule has 1 saturated heterocycles. The molecule has 3 N–H and O–H groups in total. The number of thioether (sulfide) groups is 1. The van der Waals surface area contributed by atoms with Gasteiger partial charge in [-0.3, -0.25) is 14.4 Å². The molecule has 24 heavy (non-hydrogen) atoms. The fraction of sp³-hybridized carbons (Fsp3) is 0.471. The van der Waals surface area contributed by atoms with Crippen LogP contribution in [0.5, 0.6) is 0 Å². The van der Waals surface area contributed by atoms with Crippen molar-refractivity contribution in [1.82, 2.24) is 0 Å². The maximum Gasteiger partial charge on any atom is 0.321 e. The Morgan fingerprint density at radius 1 is 1.33 bits per heavy atom. The highest BCUT2D eigenvalue weighted by Crippen LogP contribution is 2.31. The van der Waals surface area contributed by atoms with Gasteiger partial charge in [-0.15, -0.1) is 11.8 Å². The molecule has 1 aromatic rings. The Hall–Kier alpha value is -1.86. The number of carboxylic acids is 1. The second-order valence-electron chi connectivity index (χ2n) is 6.84. The lowest BCUT2D eigenvalue weighted by Crippen LogP contribution is -2.35. The number of carbonyl (C=O) groups excluding carboxylic acids is 2. The van der Waals surface area contributed by atoms with E-state index >= 15 is 0 Å². The van der Waals surface area contributed by atoms with Crippen molar-refractivity contribution >= 4 is 35.2 Å². The van der Waals surface area contributed by atoms with Crippen LogP contribution in [0.2, 0.25) is 0 Å². The second kappa shape index (κ2) is 6.94. The topological polar surface area (TPSA) is 101 Å². The lowest BCUT2D eigenvalue weighted by Gasteiger charge is -2.21. The Kier molecular flexibility index (Phi) is 5.35. The Bertz CT molecular complexity index is 652. The van der Waals surface area contributed by atoms with Gasteiger partial charge in [-0.2, -0.15) is 0 Å². The van der Waals surface area contributed by atoms with Gasteiger partial charge in [-0.25, -0.2) is 4.90 Å². The Balaban J connectivity index is 2.10. The number of imide groups is 1. The van der Waals surface area contributed by atoms with Gasteiger partial charge in [0.25, 0.3) is 0 Å². The molecule has 0 saturated carbocycles. The number of carboxylic acid groups (broad SMARTS) is 1. The van der Waals surface area contributed by atoms with E-state index in [9.17, 15) is 14.4 Å². The average Bonchev–Trinajstić information content (AvgIpc) is 2.78. The summed E-state index contributed by atoms with van der Waals surface area (Å²) in [6.07, 6.45) is 0.0663. The molecule has 130 valence electrons. The first-order valence-electron chi connectivity index (χ1n) is 7.68. The number of nitrogens with zero attached hydrogens (tertiary/aromatic N) is 1. The number of hydrogen-bond donors (Lipinski definition) is 2. The zero-order valence-corrected chi connectivity index (χ0v) is 14.8. The number of rotatable bonds is 5. The van der Waals surface area contributed by atoms with Gasteiger partial charge in [0.15, 0.2) is 0 Å². The summed E-state index contributed by atoms with van der Waals surface area (Å²) >= 11 is 1.12. The standard InChI is InChI=1S/C17H22N2O4S/c1-17(2,3)10-4-6-11(7-5-10)19-14(20)8-13(15(19)21)24-9-12(18)16(22)23/h4-7,12-13H,8-9,18H2,1-3H3,(H,22,23). The van der Waals surface area contributed by atoms with Gasteiger partial charge in [-0.05, 0) is 23.1 Å². The molecule has 2 unspecified atom stereocenters. The van der Waals surface area contributed by atoms with Crippen molar-refractivity contribution in [2.24, 2.45) is 5.73 Å². The molecular formula is C17H22N2O4S. The predicted octanol–water partition coefficient (Wildman–Crippen LogP) is 1.76. The van der Waals surface area contributed by atoms with E-state index in [4.69, 9.17) is 10.8 Å². The summed E-state index contributed by atoms with van der Waals surface area (Å²) < 4.78 is 0. The van der Waals surface area contributed by atoms with Gasteiger partial charge < -0.3 is 10.8 Å². The highest BCUT2D eigenvalue weighted by molar-refractivity contribution is 8.00. The minimum absolute atomic E-state index is 0.0110. The maximum atomic E-state index is 12.5. The van der Waals surface area contributed by atoms with Crippen molar-refractivity contribution < 1.29 is 19.5 Å². The molecule has 2 atom stereocenters. The van der Waals surface area contributed by atoms with Crippen LogP contribution < -0.4 is 10.6 Å². The molecule has 0 spiro atoms. The third kappa shape index (κ3) is 3.96. The molecule has 1 aromatic carbocycles. The summed E-state index contributed by atoms with van der Waals surface area (Å²) in [4.78, 5) is 36.6. The van der Waals surface area contributed by atoms with E-state index in [1.807, 2.05) is 12.1 Å². The first kappa shape index (κ1) is 18.5. The SMILES string of the molecule is CC(C)(C)c1ccc(N2C(=O)CC(SCC(N)C(=O)O)C2=O)cc1. The number of anilines is 1. The number of hydrogen-bond acceptors (Lipinski definition) is 5. The molecular weight excluding hydrogens is 328 g/mol. The molecule has 7 heteroatoms. The molecule has 6 nitrogen and oxygen atoms in total. The normalized spacial score (nSPS) is 19.7. The predicted molar refractivity (Wildman–Crippen MR) is 94.1 cm³/mol. The van der Waals surface area contributed by atoms with E-state index in [1.165, 1.54) is 4.90 Å². The highest BCUT2D eigenvalue weighted by Gasteiger charge is 2.40. The number of benzene rings is 1. The number of aliphatic carboxylic acids is 1. The first-order chi connectivity index (χ1) is 11.1. The summed E-state index contributed by atoms with van der Waals surface area (Å²) in [6, 6.07) is 6.32. The van der Waals surface area contributed by atoms with Crippen molar-refractivity contribution in [3.05, 3.63) is 29.8 Å². The number of amides is 2. The van der Waals surface area contributed by atoms with Crippen LogP contribution in [0, 0.1) is 0 Å². The largest absolute Gasteiger partial charge is 0.480 e. The van der Waals surface area contributed by atoms with Gasteiger partial charge in [0.2, 0.25) is 11.8 Å². The molecule has 1 heterocycles. The third-order valence-corrected chi connectivity index (χ3v) is 5.21. The van der Waals surface area contributed by atoms with Crippen LogP contribution in [0.4, 0.5) is 5.69 Å². The molecule has 2 rings (SSSR count). The Morgan fingerprint density at radius 3 is 2.42 bits per heavy atom. The number of nitrogens with two attached hydrogens (primary N) is 1. The van der Waals surface area contributed by atoms with Gasteiger partial charge in [0.05, 0.1) is 10.9 Å². The van der Waals surface area contributed by atoms with Gasteiger partial charge in [-0.1, -0.05) is 32.9 Å². The molecule has 0 radical (unpaired) electrons. The van der Waals surface area contributed by atoms with Gasteiger partial charge in [0, 0.05) is 12.2 Å². The van der Waals surface area contributed by atoms with Crippen LogP contribution in [0.15, 0.2) is 24.3 Å². The maximum absolute atomic E-state index is 12.5. The minimum atomic E-state index is -1.12. The summed E-state index contributed by atoms with van der Waals surface area (Å²) in [5.74, 6) is -1.61. The smallest absolute Gasteiger partial charge is 0.321 e. The van der Waals surface area contributed by atoms with E-state index in [2.05, 4.69) is 20.8 Å². The molecule has 1 fully saturated rings. The van der Waals surface area contributed by atoms with E-state index < -0.39 is 17.3 Å². The van der Waals surface area contributed by atoms with Crippen LogP contribution >= 0.6 is 11.8 Å². The molecule has 0 aliphatic carbocycles. The summed E-state index contributed by atoms with van der Waals surface area (Å²) in [7, 11) is 0. The fourth-order valence-electron chi connectivity index (χ4n) is 2.41. The quantitative estimate of drug-likeness (QED) is 0.785. The van der Waals surface area contributed by atoms with Crippen LogP contribution in [0.1, 0.15) is 32.8 Å². The second-order valence-corrected chi connectivity index (χ2v) is 8.07. The van der Waals surface area contributed by atoms with Crippen LogP contribution in [0.3, 0.4) is 0 Å². The van der Waals surface area contributed by atoms with E-state index in [1.54, 1.807) is 12.1 Å². The van der Waals surface area contributed by atoms with Crippen LogP contribution in [0.25, 0.3) is 0 Å². The van der Waals surface area contributed by atoms with Crippen LogP contribution in [-0.2, 0) is 19.8 Å². The lowest BCUT2D eigenvalue weighted by molar-refractivity contribution is -0.138. The molecule has 0 bridgehead atoms. The minimum Gasteiger partial charge on any atom is -0.480 e. The van der Waals surface area contributed by atoms with Crippen molar-refractivity contribution in [2.75, 3.05) is 10.7 Å². The molecule has 1 aliphatic heterocycles. The summed E-state index contributed by atoms with van der Waals surface area (Å²) in [5.41, 5.74) is 7.10. The summed E-state index contributed by atoms with van der Waals surface area (Å²) in [5, 5.41) is 8.22. The Morgan fingerprint density at radius 2 is 1.92 bits per heavy atom. The zero-order chi connectivity index (χ0) is 18.1. The third-order valence-electron chi connectivity index (χ3n) is 3.89. The van der Waals surface area contributed by atoms with E-state index in [-0.39, 0.29) is 29.4 Å². The monoisotopic (exact) mass is 350 g/mol. The Labute approximate surface area is 145 Å². The zero-order valence-electron chi connectivity index (χ0n) is 14.0. The van der Waals surface area contributed by atoms with Crippen molar-refractivity contribution in [3.63, 3.8) is 0 Å². The van der Waals surface area contributed by atoms with Crippen molar-refractivity contribution in [2.45, 2.75) is 43.9 Å². The molecule has 2 amide bonds. The first-order valence-corrected chi connectivity index (χ1v) is 8.73. The average molecular weight is 350 g/mol. The molecule has 1 aliphatic rings. The highest BCUT2D eigenvalue weighted by atomic mass is 32.2. The van der Waals surface area contributed by atoms with E-state index in [0.717, 1.165) is 17.3 Å². The number of carbonyl (C=O) groups is 3. The van der Waals surface area contributed by atoms with Crippen molar-refractivity contribution in [1.29, 1.82) is 0 Å². The fourth-order valence-corrected chi connectivity index (χ4v) is 3.50. The van der Waals surface area contributed by atoms with Crippen molar-refractivity contribution in [3.8, 4) is 0 Å². The molecule has 0 aromatic heterocycles.